The molecule has 1 amide bonds. The van der Waals surface area contributed by atoms with Gasteiger partial charge in [0.1, 0.15) is 5.82 Å². The predicted octanol–water partition coefficient (Wildman–Crippen LogP) is 1.90. The summed E-state index contributed by atoms with van der Waals surface area (Å²) in [5.74, 6) is 1.58. The minimum Gasteiger partial charge on any atom is -0.357 e. The molecule has 0 aliphatic carbocycles. The summed E-state index contributed by atoms with van der Waals surface area (Å²) >= 11 is 0. The highest BCUT2D eigenvalue weighted by Crippen LogP contribution is 2.38. The molecule has 2 saturated heterocycles. The molecule has 0 bridgehead atoms. The third kappa shape index (κ3) is 3.63. The molecule has 2 atom stereocenters. The molecule has 2 aliphatic heterocycles. The number of nitrogens with zero attached hydrogens (tertiary/aromatic N) is 5. The smallest absolute Gasteiger partial charge is 0.223 e. The summed E-state index contributed by atoms with van der Waals surface area (Å²) in [6.45, 7) is 4.98. The van der Waals surface area contributed by atoms with Crippen LogP contribution in [0.15, 0.2) is 30.6 Å². The van der Waals surface area contributed by atoms with E-state index >= 15 is 0 Å². The fraction of sp³-hybridized carbons (Fsp3) is 0.571. The lowest BCUT2D eigenvalue weighted by atomic mass is 9.93. The molecule has 150 valence electrons. The summed E-state index contributed by atoms with van der Waals surface area (Å²) in [6, 6.07) is 6.69. The van der Waals surface area contributed by atoms with Crippen LogP contribution < -0.4 is 10.2 Å². The summed E-state index contributed by atoms with van der Waals surface area (Å²) in [6.07, 6.45) is 6.59. The highest BCUT2D eigenvalue weighted by Gasteiger charge is 2.40. The lowest BCUT2D eigenvalue weighted by Gasteiger charge is -2.34. The molecule has 4 heterocycles. The van der Waals surface area contributed by atoms with Crippen LogP contribution >= 0.6 is 0 Å². The zero-order valence-electron chi connectivity index (χ0n) is 17.0. The van der Waals surface area contributed by atoms with Gasteiger partial charge in [-0.1, -0.05) is 6.07 Å². The van der Waals surface area contributed by atoms with E-state index in [0.29, 0.717) is 12.5 Å². The standard InChI is InChI=1S/C21H30N6O/c1-15-18(14-24-26(15)3)21-16(12-20(28)25(21)2)13-23-17-7-10-27(11-8-17)19-6-4-5-9-22-19/h4-6,9,14,16-17,21,23H,7-8,10-13H2,1-3H3/t16-,21+/m0/s1. The Bertz CT molecular complexity index is 812. The van der Waals surface area contributed by atoms with Crippen molar-refractivity contribution in [3.05, 3.63) is 41.9 Å². The number of carbonyl (C=O) groups excluding carboxylic acids is 1. The van der Waals surface area contributed by atoms with Gasteiger partial charge in [0.2, 0.25) is 5.91 Å². The van der Waals surface area contributed by atoms with E-state index in [0.717, 1.165) is 44.0 Å². The molecule has 2 aromatic heterocycles. The lowest BCUT2D eigenvalue weighted by Crippen LogP contribution is -2.44. The van der Waals surface area contributed by atoms with Crippen molar-refractivity contribution in [1.82, 2.24) is 25.0 Å². The third-order valence-electron chi connectivity index (χ3n) is 6.42. The molecule has 1 N–H and O–H groups in total. The van der Waals surface area contributed by atoms with Gasteiger partial charge in [-0.15, -0.1) is 0 Å². The molecule has 2 fully saturated rings. The van der Waals surface area contributed by atoms with Gasteiger partial charge in [-0.05, 0) is 31.9 Å². The van der Waals surface area contributed by atoms with Crippen LogP contribution in [0.1, 0.15) is 36.6 Å². The first-order valence-electron chi connectivity index (χ1n) is 10.2. The fourth-order valence-electron chi connectivity index (χ4n) is 4.58. The van der Waals surface area contributed by atoms with Crippen molar-refractivity contribution in [3.63, 3.8) is 0 Å². The van der Waals surface area contributed by atoms with E-state index in [9.17, 15) is 4.79 Å². The minimum absolute atomic E-state index is 0.113. The quantitative estimate of drug-likeness (QED) is 0.856. The average molecular weight is 383 g/mol. The van der Waals surface area contributed by atoms with Crippen LogP contribution in [0.2, 0.25) is 0 Å². The number of pyridine rings is 1. The summed E-state index contributed by atoms with van der Waals surface area (Å²) in [7, 11) is 3.88. The highest BCUT2D eigenvalue weighted by atomic mass is 16.2. The summed E-state index contributed by atoms with van der Waals surface area (Å²) < 4.78 is 1.89. The number of aromatic nitrogens is 3. The van der Waals surface area contributed by atoms with Gasteiger partial charge < -0.3 is 15.1 Å². The molecule has 0 spiro atoms. The Kier molecular flexibility index (Phi) is 5.35. The number of carbonyl (C=O) groups is 1. The Labute approximate surface area is 166 Å². The molecule has 28 heavy (non-hydrogen) atoms. The van der Waals surface area contributed by atoms with Gasteiger partial charge in [0, 0.05) is 69.6 Å². The summed E-state index contributed by atoms with van der Waals surface area (Å²) in [5, 5.41) is 8.14. The second kappa shape index (κ2) is 7.91. The first-order chi connectivity index (χ1) is 13.5. The molecule has 2 aromatic rings. The van der Waals surface area contributed by atoms with Crippen molar-refractivity contribution in [3.8, 4) is 0 Å². The van der Waals surface area contributed by atoms with E-state index < -0.39 is 0 Å². The molecule has 0 radical (unpaired) electrons. The first-order valence-corrected chi connectivity index (χ1v) is 10.2. The lowest BCUT2D eigenvalue weighted by molar-refractivity contribution is -0.127. The molecule has 7 heteroatoms. The molecule has 7 nitrogen and oxygen atoms in total. The summed E-state index contributed by atoms with van der Waals surface area (Å²) in [5.41, 5.74) is 2.31. The van der Waals surface area contributed by atoms with Gasteiger partial charge in [0.05, 0.1) is 12.2 Å². The Hall–Kier alpha value is -2.41. The maximum atomic E-state index is 12.4. The minimum atomic E-state index is 0.113. The van der Waals surface area contributed by atoms with E-state index in [2.05, 4.69) is 33.3 Å². The Morgan fingerprint density at radius 3 is 2.64 bits per heavy atom. The normalized spacial score (nSPS) is 23.6. The molecule has 2 aliphatic rings. The monoisotopic (exact) mass is 382 g/mol. The van der Waals surface area contributed by atoms with Crippen molar-refractivity contribution in [2.45, 2.75) is 38.3 Å². The van der Waals surface area contributed by atoms with E-state index in [1.165, 1.54) is 5.56 Å². The number of nitrogens with one attached hydrogen (secondary N) is 1. The molecule has 4 rings (SSSR count). The van der Waals surface area contributed by atoms with Gasteiger partial charge >= 0.3 is 0 Å². The van der Waals surface area contributed by atoms with Crippen LogP contribution in [0, 0.1) is 12.8 Å². The SMILES string of the molecule is Cc1c([C@H]2[C@H](CNC3CCN(c4ccccn4)CC3)CC(=O)N2C)cnn1C. The Morgan fingerprint density at radius 1 is 1.21 bits per heavy atom. The van der Waals surface area contributed by atoms with Crippen molar-refractivity contribution < 1.29 is 4.79 Å². The first kappa shape index (κ1) is 18.9. The van der Waals surface area contributed by atoms with Crippen molar-refractivity contribution in [1.29, 1.82) is 0 Å². The van der Waals surface area contributed by atoms with Gasteiger partial charge in [0.15, 0.2) is 0 Å². The van der Waals surface area contributed by atoms with Gasteiger partial charge in [-0.3, -0.25) is 9.48 Å². The topological polar surface area (TPSA) is 66.3 Å². The summed E-state index contributed by atoms with van der Waals surface area (Å²) in [4.78, 5) is 21.1. The number of likely N-dealkylation sites (tertiary alicyclic amines) is 1. The maximum Gasteiger partial charge on any atom is 0.223 e. The van der Waals surface area contributed by atoms with Gasteiger partial charge in [-0.25, -0.2) is 4.98 Å². The molecule has 0 saturated carbocycles. The maximum absolute atomic E-state index is 12.4. The number of hydrogen-bond donors (Lipinski definition) is 1. The van der Waals surface area contributed by atoms with Crippen LogP contribution in [-0.2, 0) is 11.8 Å². The number of aryl methyl sites for hydroxylation is 1. The Balaban J connectivity index is 1.35. The highest BCUT2D eigenvalue weighted by molar-refractivity contribution is 5.79. The van der Waals surface area contributed by atoms with Gasteiger partial charge in [-0.2, -0.15) is 5.10 Å². The van der Waals surface area contributed by atoms with E-state index in [4.69, 9.17) is 0 Å². The number of amides is 1. The molecule has 0 aromatic carbocycles. The van der Waals surface area contributed by atoms with E-state index in [1.54, 1.807) is 0 Å². The fourth-order valence-corrected chi connectivity index (χ4v) is 4.58. The average Bonchev–Trinajstić information content (AvgIpc) is 3.19. The van der Waals surface area contributed by atoms with E-state index in [-0.39, 0.29) is 17.9 Å². The van der Waals surface area contributed by atoms with Crippen molar-refractivity contribution >= 4 is 11.7 Å². The van der Waals surface area contributed by atoms with Crippen LogP contribution in [-0.4, -0.2) is 58.3 Å². The van der Waals surface area contributed by atoms with Crippen molar-refractivity contribution in [2.24, 2.45) is 13.0 Å². The van der Waals surface area contributed by atoms with Crippen LogP contribution in [0.3, 0.4) is 0 Å². The number of anilines is 1. The van der Waals surface area contributed by atoms with Crippen LogP contribution in [0.5, 0.6) is 0 Å². The third-order valence-corrected chi connectivity index (χ3v) is 6.42. The number of rotatable bonds is 5. The second-order valence-electron chi connectivity index (χ2n) is 8.08. The Morgan fingerprint density at radius 2 is 2.00 bits per heavy atom. The van der Waals surface area contributed by atoms with Gasteiger partial charge in [0.25, 0.3) is 0 Å². The second-order valence-corrected chi connectivity index (χ2v) is 8.08. The molecular weight excluding hydrogens is 352 g/mol. The zero-order chi connectivity index (χ0) is 19.7. The number of piperidine rings is 1. The van der Waals surface area contributed by atoms with Crippen molar-refractivity contribution in [2.75, 3.05) is 31.6 Å². The zero-order valence-corrected chi connectivity index (χ0v) is 17.0. The molecular formula is C21H30N6O. The largest absolute Gasteiger partial charge is 0.357 e. The molecule has 0 unspecified atom stereocenters. The predicted molar refractivity (Wildman–Crippen MR) is 109 cm³/mol. The van der Waals surface area contributed by atoms with E-state index in [1.807, 2.05) is 48.2 Å². The van der Waals surface area contributed by atoms with Crippen LogP contribution in [0.4, 0.5) is 5.82 Å². The number of hydrogen-bond acceptors (Lipinski definition) is 5. The van der Waals surface area contributed by atoms with Crippen LogP contribution in [0.25, 0.3) is 0 Å².